The quantitative estimate of drug-likeness (QED) is 0.892. The minimum Gasteiger partial charge on any atom is -0.346 e. The Bertz CT molecular complexity index is 493. The molecule has 0 saturated carbocycles. The van der Waals surface area contributed by atoms with E-state index in [0.29, 0.717) is 11.9 Å². The van der Waals surface area contributed by atoms with Crippen molar-refractivity contribution in [3.63, 3.8) is 0 Å². The standard InChI is InChI=1S/C15H20N4/c1-4-12-9-17-15(18-10-12)19-14(11(2)3)13-7-5-6-8-16-13/h5-11,14H,4H2,1-3H3,(H,17,18,19). The van der Waals surface area contributed by atoms with Crippen molar-refractivity contribution >= 4 is 5.95 Å². The van der Waals surface area contributed by atoms with Gasteiger partial charge in [0, 0.05) is 18.6 Å². The molecule has 1 N–H and O–H groups in total. The van der Waals surface area contributed by atoms with Gasteiger partial charge in [0.1, 0.15) is 0 Å². The molecule has 0 aliphatic carbocycles. The van der Waals surface area contributed by atoms with Gasteiger partial charge in [0.2, 0.25) is 5.95 Å². The lowest BCUT2D eigenvalue weighted by Gasteiger charge is -2.21. The number of aryl methyl sites for hydroxylation is 1. The maximum absolute atomic E-state index is 4.41. The maximum atomic E-state index is 4.41. The molecule has 0 saturated heterocycles. The van der Waals surface area contributed by atoms with Gasteiger partial charge >= 0.3 is 0 Å². The topological polar surface area (TPSA) is 50.7 Å². The van der Waals surface area contributed by atoms with Crippen LogP contribution >= 0.6 is 0 Å². The third kappa shape index (κ3) is 3.50. The van der Waals surface area contributed by atoms with E-state index in [1.54, 1.807) is 0 Å². The molecule has 2 rings (SSSR count). The Hall–Kier alpha value is -1.97. The van der Waals surface area contributed by atoms with Gasteiger partial charge in [-0.25, -0.2) is 9.97 Å². The molecular formula is C15H20N4. The van der Waals surface area contributed by atoms with Gasteiger partial charge in [-0.2, -0.15) is 0 Å². The highest BCUT2D eigenvalue weighted by molar-refractivity contribution is 5.30. The summed E-state index contributed by atoms with van der Waals surface area (Å²) in [4.78, 5) is 13.1. The Morgan fingerprint density at radius 1 is 1.11 bits per heavy atom. The number of hydrogen-bond acceptors (Lipinski definition) is 4. The average molecular weight is 256 g/mol. The fraction of sp³-hybridized carbons (Fsp3) is 0.400. The van der Waals surface area contributed by atoms with Gasteiger partial charge in [-0.3, -0.25) is 4.98 Å². The molecule has 0 aromatic carbocycles. The van der Waals surface area contributed by atoms with Gasteiger partial charge in [-0.1, -0.05) is 26.8 Å². The summed E-state index contributed by atoms with van der Waals surface area (Å²) in [7, 11) is 0. The number of pyridine rings is 1. The second-order valence-corrected chi connectivity index (χ2v) is 4.89. The van der Waals surface area contributed by atoms with Crippen molar-refractivity contribution in [2.75, 3.05) is 5.32 Å². The third-order valence-corrected chi connectivity index (χ3v) is 3.07. The molecule has 1 unspecified atom stereocenters. The predicted molar refractivity (Wildman–Crippen MR) is 76.8 cm³/mol. The predicted octanol–water partition coefficient (Wildman–Crippen LogP) is 3.24. The van der Waals surface area contributed by atoms with E-state index in [1.807, 2.05) is 36.8 Å². The highest BCUT2D eigenvalue weighted by atomic mass is 15.1. The molecule has 4 heteroatoms. The molecule has 0 aliphatic heterocycles. The van der Waals surface area contributed by atoms with Crippen LogP contribution in [0, 0.1) is 5.92 Å². The first-order valence-electron chi connectivity index (χ1n) is 6.69. The van der Waals surface area contributed by atoms with Crippen LogP contribution in [0.1, 0.15) is 38.1 Å². The van der Waals surface area contributed by atoms with E-state index >= 15 is 0 Å². The van der Waals surface area contributed by atoms with Gasteiger partial charge in [0.05, 0.1) is 11.7 Å². The van der Waals surface area contributed by atoms with E-state index in [2.05, 4.69) is 41.0 Å². The van der Waals surface area contributed by atoms with Crippen molar-refractivity contribution in [2.45, 2.75) is 33.2 Å². The summed E-state index contributed by atoms with van der Waals surface area (Å²) in [6, 6.07) is 6.07. The summed E-state index contributed by atoms with van der Waals surface area (Å²) in [6.07, 6.45) is 6.50. The molecule has 19 heavy (non-hydrogen) atoms. The van der Waals surface area contributed by atoms with Crippen LogP contribution < -0.4 is 5.32 Å². The molecular weight excluding hydrogens is 236 g/mol. The molecule has 0 bridgehead atoms. The van der Waals surface area contributed by atoms with Crippen LogP contribution in [0.3, 0.4) is 0 Å². The van der Waals surface area contributed by atoms with Crippen LogP contribution in [-0.4, -0.2) is 15.0 Å². The van der Waals surface area contributed by atoms with Crippen LogP contribution in [0.4, 0.5) is 5.95 Å². The SMILES string of the molecule is CCc1cnc(NC(c2ccccn2)C(C)C)nc1. The minimum absolute atomic E-state index is 0.119. The second-order valence-electron chi connectivity index (χ2n) is 4.89. The Morgan fingerprint density at radius 2 is 1.84 bits per heavy atom. The second kappa shape index (κ2) is 6.27. The highest BCUT2D eigenvalue weighted by Gasteiger charge is 2.17. The number of hydrogen-bond donors (Lipinski definition) is 1. The normalized spacial score (nSPS) is 12.4. The summed E-state index contributed by atoms with van der Waals surface area (Å²) in [6.45, 7) is 6.41. The molecule has 0 fully saturated rings. The zero-order chi connectivity index (χ0) is 13.7. The van der Waals surface area contributed by atoms with Crippen molar-refractivity contribution in [3.05, 3.63) is 48.0 Å². The Kier molecular flexibility index (Phi) is 4.44. The van der Waals surface area contributed by atoms with E-state index < -0.39 is 0 Å². The largest absolute Gasteiger partial charge is 0.346 e. The number of rotatable bonds is 5. The molecule has 0 aliphatic rings. The van der Waals surface area contributed by atoms with E-state index in [0.717, 1.165) is 17.7 Å². The fourth-order valence-electron chi connectivity index (χ4n) is 1.89. The van der Waals surface area contributed by atoms with Crippen molar-refractivity contribution in [2.24, 2.45) is 5.92 Å². The average Bonchev–Trinajstić information content (AvgIpc) is 2.46. The summed E-state index contributed by atoms with van der Waals surface area (Å²) in [5.41, 5.74) is 2.16. The van der Waals surface area contributed by atoms with Gasteiger partial charge < -0.3 is 5.32 Å². The lowest BCUT2D eigenvalue weighted by molar-refractivity contribution is 0.531. The lowest BCUT2D eigenvalue weighted by Crippen LogP contribution is -2.19. The van der Waals surface area contributed by atoms with Crippen LogP contribution in [0.2, 0.25) is 0 Å². The molecule has 4 nitrogen and oxygen atoms in total. The van der Waals surface area contributed by atoms with Crippen LogP contribution in [0.25, 0.3) is 0 Å². The first kappa shape index (κ1) is 13.5. The third-order valence-electron chi connectivity index (χ3n) is 3.07. The zero-order valence-electron chi connectivity index (χ0n) is 11.7. The van der Waals surface area contributed by atoms with Crippen LogP contribution in [0.15, 0.2) is 36.8 Å². The van der Waals surface area contributed by atoms with Crippen LogP contribution in [-0.2, 0) is 6.42 Å². The van der Waals surface area contributed by atoms with Crippen molar-refractivity contribution in [1.29, 1.82) is 0 Å². The summed E-state index contributed by atoms with van der Waals surface area (Å²) >= 11 is 0. The van der Waals surface area contributed by atoms with E-state index in [4.69, 9.17) is 0 Å². The molecule has 2 heterocycles. The number of nitrogens with zero attached hydrogens (tertiary/aromatic N) is 3. The molecule has 0 spiro atoms. The lowest BCUT2D eigenvalue weighted by atomic mass is 10.0. The Labute approximate surface area is 114 Å². The maximum Gasteiger partial charge on any atom is 0.223 e. The van der Waals surface area contributed by atoms with Crippen molar-refractivity contribution in [3.8, 4) is 0 Å². The van der Waals surface area contributed by atoms with Gasteiger partial charge in [0.25, 0.3) is 0 Å². The molecule has 2 aromatic rings. The van der Waals surface area contributed by atoms with Crippen LogP contribution in [0.5, 0.6) is 0 Å². The molecule has 0 amide bonds. The smallest absolute Gasteiger partial charge is 0.223 e. The summed E-state index contributed by atoms with van der Waals surface area (Å²) in [5.74, 6) is 1.06. The summed E-state index contributed by atoms with van der Waals surface area (Å²) < 4.78 is 0. The number of anilines is 1. The fourth-order valence-corrected chi connectivity index (χ4v) is 1.89. The first-order chi connectivity index (χ1) is 9.20. The Balaban J connectivity index is 2.17. The van der Waals surface area contributed by atoms with E-state index in [9.17, 15) is 0 Å². The highest BCUT2D eigenvalue weighted by Crippen LogP contribution is 2.23. The number of nitrogens with one attached hydrogen (secondary N) is 1. The van der Waals surface area contributed by atoms with Gasteiger partial charge in [-0.15, -0.1) is 0 Å². The van der Waals surface area contributed by atoms with E-state index in [-0.39, 0.29) is 6.04 Å². The molecule has 2 aromatic heterocycles. The minimum atomic E-state index is 0.119. The van der Waals surface area contributed by atoms with Gasteiger partial charge in [-0.05, 0) is 30.0 Å². The Morgan fingerprint density at radius 3 is 2.37 bits per heavy atom. The molecule has 100 valence electrons. The molecule has 1 atom stereocenters. The monoisotopic (exact) mass is 256 g/mol. The van der Waals surface area contributed by atoms with E-state index in [1.165, 1.54) is 0 Å². The number of aromatic nitrogens is 3. The zero-order valence-corrected chi connectivity index (χ0v) is 11.7. The first-order valence-corrected chi connectivity index (χ1v) is 6.69. The summed E-state index contributed by atoms with van der Waals surface area (Å²) in [5, 5.41) is 3.36. The van der Waals surface area contributed by atoms with Crippen molar-refractivity contribution in [1.82, 2.24) is 15.0 Å². The van der Waals surface area contributed by atoms with Crippen molar-refractivity contribution < 1.29 is 0 Å². The molecule has 0 radical (unpaired) electrons. The van der Waals surface area contributed by atoms with Gasteiger partial charge in [0.15, 0.2) is 0 Å².